The molecule has 1 aliphatic heterocycles. The average Bonchev–Trinajstić information content (AvgIpc) is 3.24. The fourth-order valence-electron chi connectivity index (χ4n) is 3.43. The first-order chi connectivity index (χ1) is 12.1. The van der Waals surface area contributed by atoms with E-state index < -0.39 is 23.4 Å². The third-order valence-corrected chi connectivity index (χ3v) is 5.84. The van der Waals surface area contributed by atoms with E-state index in [1.807, 2.05) is 24.3 Å². The number of benzene rings is 2. The number of hydrogen-bond acceptors (Lipinski definition) is 5. The summed E-state index contributed by atoms with van der Waals surface area (Å²) in [5.74, 6) is -0.973. The van der Waals surface area contributed by atoms with Crippen LogP contribution in [-0.2, 0) is 14.3 Å². The number of thioether (sulfide) groups is 1. The lowest BCUT2D eigenvalue weighted by Crippen LogP contribution is -2.40. The van der Waals surface area contributed by atoms with Crippen molar-refractivity contribution < 1.29 is 19.4 Å². The van der Waals surface area contributed by atoms with Gasteiger partial charge < -0.3 is 9.84 Å². The Morgan fingerprint density at radius 3 is 2.24 bits per heavy atom. The van der Waals surface area contributed by atoms with E-state index in [1.165, 1.54) is 22.9 Å². The molecule has 2 aliphatic rings. The summed E-state index contributed by atoms with van der Waals surface area (Å²) in [6.45, 7) is 0.253. The van der Waals surface area contributed by atoms with Gasteiger partial charge in [-0.25, -0.2) is 4.79 Å². The van der Waals surface area contributed by atoms with Crippen LogP contribution in [0.15, 0.2) is 48.5 Å². The van der Waals surface area contributed by atoms with Crippen LogP contribution in [0.5, 0.6) is 0 Å². The molecule has 25 heavy (non-hydrogen) atoms. The fraction of sp³-hybridized carbons (Fsp3) is 0.263. The van der Waals surface area contributed by atoms with Crippen molar-refractivity contribution in [2.24, 2.45) is 0 Å². The molecule has 1 fully saturated rings. The highest BCUT2D eigenvalue weighted by molar-refractivity contribution is 8.00. The minimum absolute atomic E-state index is 0.0121. The zero-order chi connectivity index (χ0) is 17.4. The number of ether oxygens (including phenoxy) is 1. The minimum atomic E-state index is -0.943. The Morgan fingerprint density at radius 1 is 1.08 bits per heavy atom. The molecule has 0 spiro atoms. The molecule has 1 heterocycles. The molecule has 0 saturated carbocycles. The monoisotopic (exact) mass is 355 g/mol. The summed E-state index contributed by atoms with van der Waals surface area (Å²) in [5.41, 5.74) is 4.68. The molecule has 4 rings (SSSR count). The largest absolute Gasteiger partial charge is 0.480 e. The molecule has 2 aromatic rings. The van der Waals surface area contributed by atoms with Crippen LogP contribution < -0.4 is 5.32 Å². The topological polar surface area (TPSA) is 75.6 Å². The molecule has 5 nitrogen and oxygen atoms in total. The fourth-order valence-corrected chi connectivity index (χ4v) is 4.52. The van der Waals surface area contributed by atoms with Crippen molar-refractivity contribution in [3.05, 3.63) is 59.7 Å². The van der Waals surface area contributed by atoms with Crippen LogP contribution in [0.4, 0.5) is 0 Å². The van der Waals surface area contributed by atoms with Crippen molar-refractivity contribution in [3.63, 3.8) is 0 Å². The molecule has 0 amide bonds. The highest BCUT2D eigenvalue weighted by atomic mass is 32.2. The SMILES string of the molecule is O=C(OCC1c2ccccc2-c2ccccc21)[C@@H]1N[C@@H](C(=O)O)CS1. The Morgan fingerprint density at radius 2 is 1.68 bits per heavy atom. The number of carboxylic acids is 1. The molecule has 6 heteroatoms. The first-order valence-corrected chi connectivity index (χ1v) is 9.15. The number of nitrogens with one attached hydrogen (secondary N) is 1. The van der Waals surface area contributed by atoms with Gasteiger partial charge in [-0.3, -0.25) is 10.1 Å². The number of carbonyl (C=O) groups is 2. The lowest BCUT2D eigenvalue weighted by Gasteiger charge is -2.16. The predicted molar refractivity (Wildman–Crippen MR) is 95.5 cm³/mol. The van der Waals surface area contributed by atoms with Gasteiger partial charge in [0.25, 0.3) is 0 Å². The van der Waals surface area contributed by atoms with Crippen LogP contribution in [0.1, 0.15) is 17.0 Å². The van der Waals surface area contributed by atoms with Crippen molar-refractivity contribution in [1.82, 2.24) is 5.32 Å². The Hall–Kier alpha value is -2.31. The van der Waals surface area contributed by atoms with Crippen LogP contribution in [0.2, 0.25) is 0 Å². The van der Waals surface area contributed by atoms with Gasteiger partial charge in [-0.1, -0.05) is 48.5 Å². The van der Waals surface area contributed by atoms with Crippen molar-refractivity contribution in [1.29, 1.82) is 0 Å². The summed E-state index contributed by atoms with van der Waals surface area (Å²) in [6, 6.07) is 15.6. The average molecular weight is 355 g/mol. The maximum Gasteiger partial charge on any atom is 0.333 e. The van der Waals surface area contributed by atoms with E-state index in [-0.39, 0.29) is 12.5 Å². The molecule has 0 unspecified atom stereocenters. The molecule has 2 aromatic carbocycles. The van der Waals surface area contributed by atoms with Crippen molar-refractivity contribution >= 4 is 23.7 Å². The molecule has 128 valence electrons. The normalized spacial score (nSPS) is 21.6. The van der Waals surface area contributed by atoms with E-state index >= 15 is 0 Å². The quantitative estimate of drug-likeness (QED) is 0.821. The molecular weight excluding hydrogens is 338 g/mol. The van der Waals surface area contributed by atoms with Crippen LogP contribution in [0.3, 0.4) is 0 Å². The summed E-state index contributed by atoms with van der Waals surface area (Å²) >= 11 is 1.27. The standard InChI is InChI=1S/C19H17NO4S/c21-18(22)16-10-25-17(20-16)19(23)24-9-15-13-7-3-1-5-11(13)12-6-2-4-8-14(12)15/h1-8,15-17,20H,9-10H2,(H,21,22)/t16-,17-/m1/s1. The van der Waals surface area contributed by atoms with Gasteiger partial charge in [-0.2, -0.15) is 0 Å². The van der Waals surface area contributed by atoms with Crippen LogP contribution in [-0.4, -0.2) is 40.8 Å². The van der Waals surface area contributed by atoms with Crippen molar-refractivity contribution in [2.75, 3.05) is 12.4 Å². The maximum absolute atomic E-state index is 12.3. The number of fused-ring (bicyclic) bond motifs is 3. The lowest BCUT2D eigenvalue weighted by atomic mass is 9.98. The predicted octanol–water partition coefficient (Wildman–Crippen LogP) is 2.46. The second-order valence-corrected chi connectivity index (χ2v) is 7.27. The van der Waals surface area contributed by atoms with Crippen LogP contribution >= 0.6 is 11.8 Å². The zero-order valence-corrected chi connectivity index (χ0v) is 14.2. The number of aliphatic carboxylic acids is 1. The number of hydrogen-bond donors (Lipinski definition) is 2. The highest BCUT2D eigenvalue weighted by Crippen LogP contribution is 2.44. The summed E-state index contributed by atoms with van der Waals surface area (Å²) in [5, 5.41) is 11.2. The summed E-state index contributed by atoms with van der Waals surface area (Å²) in [7, 11) is 0. The van der Waals surface area contributed by atoms with E-state index in [0.717, 1.165) is 11.1 Å². The smallest absolute Gasteiger partial charge is 0.333 e. The third kappa shape index (κ3) is 2.92. The molecule has 1 saturated heterocycles. The third-order valence-electron chi connectivity index (χ3n) is 4.65. The van der Waals surface area contributed by atoms with Gasteiger partial charge in [0.2, 0.25) is 0 Å². The van der Waals surface area contributed by atoms with Gasteiger partial charge in [0.15, 0.2) is 5.37 Å². The summed E-state index contributed by atoms with van der Waals surface area (Å²) < 4.78 is 5.54. The van der Waals surface area contributed by atoms with Gasteiger partial charge in [-0.05, 0) is 22.3 Å². The maximum atomic E-state index is 12.3. The lowest BCUT2D eigenvalue weighted by molar-refractivity contribution is -0.144. The Labute approximate surface area is 149 Å². The summed E-state index contributed by atoms with van der Waals surface area (Å²) in [4.78, 5) is 23.3. The minimum Gasteiger partial charge on any atom is -0.480 e. The van der Waals surface area contributed by atoms with E-state index in [9.17, 15) is 9.59 Å². The van der Waals surface area contributed by atoms with Gasteiger partial charge in [0, 0.05) is 11.7 Å². The van der Waals surface area contributed by atoms with Gasteiger partial charge >= 0.3 is 11.9 Å². The van der Waals surface area contributed by atoms with E-state index in [2.05, 4.69) is 29.6 Å². The molecule has 0 radical (unpaired) electrons. The number of carboxylic acid groups (broad SMARTS) is 1. The summed E-state index contributed by atoms with van der Waals surface area (Å²) in [6.07, 6.45) is 0. The first-order valence-electron chi connectivity index (χ1n) is 8.10. The first kappa shape index (κ1) is 16.2. The second kappa shape index (κ2) is 6.54. The van der Waals surface area contributed by atoms with E-state index in [4.69, 9.17) is 9.84 Å². The number of carbonyl (C=O) groups excluding carboxylic acids is 1. The molecule has 1 aliphatic carbocycles. The Bertz CT molecular complexity index is 792. The van der Waals surface area contributed by atoms with Gasteiger partial charge in [-0.15, -0.1) is 11.8 Å². The number of esters is 1. The molecule has 2 atom stereocenters. The van der Waals surface area contributed by atoms with Gasteiger partial charge in [0.05, 0.1) is 0 Å². The molecular formula is C19H17NO4S. The van der Waals surface area contributed by atoms with E-state index in [0.29, 0.717) is 5.75 Å². The zero-order valence-electron chi connectivity index (χ0n) is 13.3. The van der Waals surface area contributed by atoms with E-state index in [1.54, 1.807) is 0 Å². The molecule has 2 N–H and O–H groups in total. The molecule has 0 bridgehead atoms. The van der Waals surface area contributed by atoms with Crippen molar-refractivity contribution in [2.45, 2.75) is 17.3 Å². The van der Waals surface area contributed by atoms with Crippen LogP contribution in [0.25, 0.3) is 11.1 Å². The second-order valence-electron chi connectivity index (χ2n) is 6.13. The van der Waals surface area contributed by atoms with Gasteiger partial charge in [0.1, 0.15) is 12.6 Å². The van der Waals surface area contributed by atoms with Crippen molar-refractivity contribution in [3.8, 4) is 11.1 Å². The highest BCUT2D eigenvalue weighted by Gasteiger charge is 2.36. The number of rotatable bonds is 4. The Kier molecular flexibility index (Phi) is 4.23. The van der Waals surface area contributed by atoms with Crippen LogP contribution in [0, 0.1) is 0 Å². The molecule has 0 aromatic heterocycles. The Balaban J connectivity index is 1.48.